The maximum Gasteiger partial charge on any atom is 0.254 e. The van der Waals surface area contributed by atoms with Crippen molar-refractivity contribution in [2.75, 3.05) is 7.11 Å². The summed E-state index contributed by atoms with van der Waals surface area (Å²) >= 11 is 0. The van der Waals surface area contributed by atoms with E-state index in [4.69, 9.17) is 10.5 Å². The monoisotopic (exact) mass is 336 g/mol. The highest BCUT2D eigenvalue weighted by Crippen LogP contribution is 2.21. The summed E-state index contributed by atoms with van der Waals surface area (Å²) in [5, 5.41) is 0.879. The zero-order valence-corrected chi connectivity index (χ0v) is 14.1. The molecule has 25 heavy (non-hydrogen) atoms. The topological polar surface area (TPSA) is 74.3 Å². The van der Waals surface area contributed by atoms with Crippen molar-refractivity contribution in [3.05, 3.63) is 76.1 Å². The molecule has 0 saturated heterocycles. The van der Waals surface area contributed by atoms with Gasteiger partial charge in [0, 0.05) is 11.6 Å². The third kappa shape index (κ3) is 3.71. The van der Waals surface area contributed by atoms with Crippen molar-refractivity contribution in [3.63, 3.8) is 0 Å². The predicted octanol–water partition coefficient (Wildman–Crippen LogP) is 2.28. The molecule has 3 aromatic rings. The third-order valence-corrected chi connectivity index (χ3v) is 4.22. The van der Waals surface area contributed by atoms with Gasteiger partial charge >= 0.3 is 0 Å². The van der Waals surface area contributed by atoms with Crippen LogP contribution in [0.4, 0.5) is 0 Å². The summed E-state index contributed by atoms with van der Waals surface area (Å²) in [7, 11) is 1.56. The number of amides is 1. The van der Waals surface area contributed by atoms with Gasteiger partial charge in [-0.05, 0) is 42.0 Å². The Kier molecular flexibility index (Phi) is 4.84. The van der Waals surface area contributed by atoms with E-state index in [9.17, 15) is 9.59 Å². The Morgan fingerprint density at radius 2 is 1.84 bits per heavy atom. The molecule has 0 saturated carbocycles. The van der Waals surface area contributed by atoms with Crippen LogP contribution < -0.4 is 16.0 Å². The Hall–Kier alpha value is -3.08. The lowest BCUT2D eigenvalue weighted by atomic mass is 10.0. The molecule has 2 aromatic carbocycles. The Labute approximate surface area is 145 Å². The van der Waals surface area contributed by atoms with E-state index in [1.807, 2.05) is 48.5 Å². The molecular formula is C20H20N2O3. The molecule has 1 amide bonds. The zero-order chi connectivity index (χ0) is 17.8. The first-order valence-corrected chi connectivity index (χ1v) is 8.11. The number of primary amides is 1. The first-order valence-electron chi connectivity index (χ1n) is 8.11. The minimum atomic E-state index is -0.550. The smallest absolute Gasteiger partial charge is 0.254 e. The van der Waals surface area contributed by atoms with Gasteiger partial charge in [-0.1, -0.05) is 30.3 Å². The van der Waals surface area contributed by atoms with Crippen LogP contribution >= 0.6 is 0 Å². The van der Waals surface area contributed by atoms with Gasteiger partial charge in [0.25, 0.3) is 5.56 Å². The lowest BCUT2D eigenvalue weighted by molar-refractivity contribution is -0.118. The summed E-state index contributed by atoms with van der Waals surface area (Å²) in [4.78, 5) is 24.3. The van der Waals surface area contributed by atoms with Crippen LogP contribution in [0.2, 0.25) is 0 Å². The molecule has 3 rings (SSSR count). The number of fused-ring (bicyclic) bond motifs is 1. The van der Waals surface area contributed by atoms with E-state index in [0.29, 0.717) is 23.3 Å². The van der Waals surface area contributed by atoms with Gasteiger partial charge in [-0.2, -0.15) is 0 Å². The van der Waals surface area contributed by atoms with Crippen molar-refractivity contribution in [2.24, 2.45) is 5.73 Å². The van der Waals surface area contributed by atoms with Gasteiger partial charge < -0.3 is 10.5 Å². The number of rotatable bonds is 6. The van der Waals surface area contributed by atoms with Crippen LogP contribution in [0, 0.1) is 0 Å². The molecule has 0 unspecified atom stereocenters. The molecule has 1 heterocycles. The molecule has 5 heteroatoms. The lowest BCUT2D eigenvalue weighted by Gasteiger charge is -2.13. The van der Waals surface area contributed by atoms with Crippen molar-refractivity contribution in [2.45, 2.75) is 19.4 Å². The number of benzene rings is 2. The van der Waals surface area contributed by atoms with Crippen molar-refractivity contribution in [1.29, 1.82) is 0 Å². The molecule has 0 spiro atoms. The Morgan fingerprint density at radius 3 is 2.52 bits per heavy atom. The van der Waals surface area contributed by atoms with E-state index in [2.05, 4.69) is 0 Å². The lowest BCUT2D eigenvalue weighted by Crippen LogP contribution is -2.30. The van der Waals surface area contributed by atoms with Gasteiger partial charge in [0.15, 0.2) is 0 Å². The highest BCUT2D eigenvalue weighted by molar-refractivity contribution is 5.83. The number of nitrogens with zero attached hydrogens (tertiary/aromatic N) is 1. The van der Waals surface area contributed by atoms with Crippen LogP contribution in [-0.4, -0.2) is 17.6 Å². The maximum absolute atomic E-state index is 12.9. The molecule has 0 bridgehead atoms. The number of ether oxygens (including phenoxy) is 1. The molecule has 128 valence electrons. The minimum Gasteiger partial charge on any atom is -0.497 e. The van der Waals surface area contributed by atoms with Crippen molar-refractivity contribution < 1.29 is 9.53 Å². The summed E-state index contributed by atoms with van der Waals surface area (Å²) in [6, 6.07) is 17.4. The number of hydrogen-bond donors (Lipinski definition) is 1. The molecule has 0 atom stereocenters. The predicted molar refractivity (Wildman–Crippen MR) is 97.8 cm³/mol. The van der Waals surface area contributed by atoms with Crippen LogP contribution in [0.15, 0.2) is 59.4 Å². The van der Waals surface area contributed by atoms with Gasteiger partial charge in [0.2, 0.25) is 5.91 Å². The average molecular weight is 336 g/mol. The quantitative estimate of drug-likeness (QED) is 0.750. The second kappa shape index (κ2) is 7.21. The number of methoxy groups -OCH3 is 1. The van der Waals surface area contributed by atoms with Crippen molar-refractivity contribution in [1.82, 2.24) is 4.57 Å². The SMILES string of the molecule is COc1ccc2cc(CCc3ccccc3)c(=O)n(CC(N)=O)c2c1. The van der Waals surface area contributed by atoms with E-state index in [1.165, 1.54) is 4.57 Å². The highest BCUT2D eigenvalue weighted by Gasteiger charge is 2.12. The number of aryl methyl sites for hydroxylation is 2. The molecule has 0 radical (unpaired) electrons. The van der Waals surface area contributed by atoms with Gasteiger partial charge in [0.1, 0.15) is 12.3 Å². The van der Waals surface area contributed by atoms with Gasteiger partial charge in [-0.15, -0.1) is 0 Å². The standard InChI is InChI=1S/C20H20N2O3/c1-25-17-10-9-15-11-16(8-7-14-5-3-2-4-6-14)20(24)22(13-19(21)23)18(15)12-17/h2-6,9-12H,7-8,13H2,1H3,(H2,21,23). The molecule has 0 aliphatic rings. The molecule has 0 aliphatic carbocycles. The maximum atomic E-state index is 12.9. The van der Waals surface area contributed by atoms with Gasteiger partial charge in [-0.25, -0.2) is 0 Å². The fourth-order valence-corrected chi connectivity index (χ4v) is 2.95. The number of pyridine rings is 1. The summed E-state index contributed by atoms with van der Waals surface area (Å²) in [5.74, 6) is 0.0774. The van der Waals surface area contributed by atoms with Gasteiger partial charge in [0.05, 0.1) is 12.6 Å². The number of carbonyl (C=O) groups is 1. The molecule has 2 N–H and O–H groups in total. The van der Waals surface area contributed by atoms with Crippen LogP contribution in [0.3, 0.4) is 0 Å². The number of hydrogen-bond acceptors (Lipinski definition) is 3. The van der Waals surface area contributed by atoms with E-state index in [0.717, 1.165) is 17.4 Å². The van der Waals surface area contributed by atoms with E-state index in [-0.39, 0.29) is 12.1 Å². The van der Waals surface area contributed by atoms with Crippen LogP contribution in [0.1, 0.15) is 11.1 Å². The average Bonchev–Trinajstić information content (AvgIpc) is 2.63. The number of nitrogens with two attached hydrogens (primary N) is 1. The molecule has 0 fully saturated rings. The summed E-state index contributed by atoms with van der Waals surface area (Å²) in [5.41, 5.74) is 7.63. The molecule has 5 nitrogen and oxygen atoms in total. The normalized spacial score (nSPS) is 10.8. The highest BCUT2D eigenvalue weighted by atomic mass is 16.5. The first-order chi connectivity index (χ1) is 12.1. The Morgan fingerprint density at radius 1 is 1.08 bits per heavy atom. The fraction of sp³-hybridized carbons (Fsp3) is 0.200. The number of aromatic nitrogens is 1. The van der Waals surface area contributed by atoms with Crippen LogP contribution in [0.5, 0.6) is 5.75 Å². The molecular weight excluding hydrogens is 316 g/mol. The van der Waals surface area contributed by atoms with E-state index in [1.54, 1.807) is 13.2 Å². The minimum absolute atomic E-state index is 0.151. The van der Waals surface area contributed by atoms with Crippen molar-refractivity contribution >= 4 is 16.8 Å². The Balaban J connectivity index is 2.05. The van der Waals surface area contributed by atoms with Gasteiger partial charge in [-0.3, -0.25) is 14.2 Å². The fourth-order valence-electron chi connectivity index (χ4n) is 2.95. The van der Waals surface area contributed by atoms with Crippen molar-refractivity contribution in [3.8, 4) is 5.75 Å². The number of carbonyl (C=O) groups excluding carboxylic acids is 1. The third-order valence-electron chi connectivity index (χ3n) is 4.22. The van der Waals surface area contributed by atoms with E-state index >= 15 is 0 Å². The molecule has 0 aliphatic heterocycles. The second-order valence-corrected chi connectivity index (χ2v) is 5.94. The summed E-state index contributed by atoms with van der Waals surface area (Å²) in [6.07, 6.45) is 1.36. The summed E-state index contributed by atoms with van der Waals surface area (Å²) < 4.78 is 6.66. The zero-order valence-electron chi connectivity index (χ0n) is 14.1. The first kappa shape index (κ1) is 16.8. The summed E-state index contributed by atoms with van der Waals surface area (Å²) in [6.45, 7) is -0.151. The Bertz CT molecular complexity index is 962. The largest absolute Gasteiger partial charge is 0.497 e. The van der Waals surface area contributed by atoms with E-state index < -0.39 is 5.91 Å². The van der Waals surface area contributed by atoms with Crippen LogP contribution in [-0.2, 0) is 24.2 Å². The van der Waals surface area contributed by atoms with Crippen LogP contribution in [0.25, 0.3) is 10.9 Å². The second-order valence-electron chi connectivity index (χ2n) is 5.94. The molecule has 1 aromatic heterocycles.